The van der Waals surface area contributed by atoms with E-state index in [0.717, 1.165) is 23.9 Å². The molecule has 0 saturated heterocycles. The Balaban J connectivity index is 1.72. The zero-order valence-corrected chi connectivity index (χ0v) is 11.5. The maximum Gasteiger partial charge on any atom is 0.372 e. The third kappa shape index (κ3) is 3.83. The summed E-state index contributed by atoms with van der Waals surface area (Å²) in [6.07, 6.45) is 8.01. The number of furan rings is 1. The summed E-state index contributed by atoms with van der Waals surface area (Å²) in [6.45, 7) is 3.82. The summed E-state index contributed by atoms with van der Waals surface area (Å²) < 4.78 is 4.96. The predicted octanol–water partition coefficient (Wildman–Crippen LogP) is 3.28. The Morgan fingerprint density at radius 2 is 2.05 bits per heavy atom. The van der Waals surface area contributed by atoms with Gasteiger partial charge in [-0.15, -0.1) is 0 Å². The largest absolute Gasteiger partial charge is 0.475 e. The van der Waals surface area contributed by atoms with E-state index in [9.17, 15) is 4.79 Å². The Labute approximate surface area is 114 Å². The van der Waals surface area contributed by atoms with Gasteiger partial charge < -0.3 is 14.8 Å². The molecule has 1 aliphatic carbocycles. The molecule has 0 unspecified atom stereocenters. The highest BCUT2D eigenvalue weighted by atomic mass is 16.4. The number of hydrogen-bond acceptors (Lipinski definition) is 3. The minimum Gasteiger partial charge on any atom is -0.475 e. The Morgan fingerprint density at radius 1 is 1.37 bits per heavy atom. The first-order valence-electron chi connectivity index (χ1n) is 7.21. The number of hydrogen-bond donors (Lipinski definition) is 2. The average molecular weight is 265 g/mol. The number of carbonyl (C=O) groups is 1. The summed E-state index contributed by atoms with van der Waals surface area (Å²) in [5.74, 6) is 0.721. The Kier molecular flexibility index (Phi) is 5.02. The van der Waals surface area contributed by atoms with Crippen LogP contribution >= 0.6 is 0 Å². The molecule has 2 N–H and O–H groups in total. The van der Waals surface area contributed by atoms with Gasteiger partial charge >= 0.3 is 5.97 Å². The van der Waals surface area contributed by atoms with Crippen LogP contribution in [-0.4, -0.2) is 17.6 Å². The van der Waals surface area contributed by atoms with Crippen molar-refractivity contribution in [1.82, 2.24) is 5.32 Å². The zero-order chi connectivity index (χ0) is 13.7. The second-order valence-electron chi connectivity index (χ2n) is 5.51. The first-order valence-corrected chi connectivity index (χ1v) is 7.21. The maximum atomic E-state index is 10.9. The Bertz CT molecular complexity index is 405. The van der Waals surface area contributed by atoms with E-state index in [1.54, 1.807) is 6.07 Å². The highest BCUT2D eigenvalue weighted by molar-refractivity contribution is 5.86. The van der Waals surface area contributed by atoms with Crippen molar-refractivity contribution in [3.05, 3.63) is 23.7 Å². The molecule has 0 aromatic carbocycles. The van der Waals surface area contributed by atoms with Crippen LogP contribution < -0.4 is 5.32 Å². The maximum absolute atomic E-state index is 10.9. The fourth-order valence-corrected chi connectivity index (χ4v) is 2.92. The number of nitrogens with one attached hydrogen (secondary N) is 1. The highest BCUT2D eigenvalue weighted by Crippen LogP contribution is 2.30. The topological polar surface area (TPSA) is 62.5 Å². The van der Waals surface area contributed by atoms with Gasteiger partial charge in [0.1, 0.15) is 0 Å². The summed E-state index contributed by atoms with van der Waals surface area (Å²) >= 11 is 0. The van der Waals surface area contributed by atoms with Gasteiger partial charge in [0.2, 0.25) is 5.76 Å². The minimum absolute atomic E-state index is 0.0576. The van der Waals surface area contributed by atoms with E-state index in [1.807, 2.05) is 0 Å². The van der Waals surface area contributed by atoms with Crippen molar-refractivity contribution in [3.63, 3.8) is 0 Å². The average Bonchev–Trinajstić information content (AvgIpc) is 2.88. The lowest BCUT2D eigenvalue weighted by Gasteiger charge is -2.27. The van der Waals surface area contributed by atoms with Crippen LogP contribution in [0.4, 0.5) is 0 Å². The molecule has 1 aliphatic rings. The third-order valence-corrected chi connectivity index (χ3v) is 4.23. The molecule has 0 bridgehead atoms. The van der Waals surface area contributed by atoms with E-state index in [2.05, 4.69) is 12.2 Å². The van der Waals surface area contributed by atoms with E-state index >= 15 is 0 Å². The molecule has 1 saturated carbocycles. The third-order valence-electron chi connectivity index (χ3n) is 4.23. The molecule has 4 nitrogen and oxygen atoms in total. The number of aromatic carboxylic acids is 1. The van der Waals surface area contributed by atoms with Crippen molar-refractivity contribution in [2.24, 2.45) is 11.8 Å². The lowest BCUT2D eigenvalue weighted by molar-refractivity contribution is 0.0660. The van der Waals surface area contributed by atoms with Gasteiger partial charge in [-0.3, -0.25) is 0 Å². The molecular formula is C15H23NO3. The highest BCUT2D eigenvalue weighted by Gasteiger charge is 2.20. The fraction of sp³-hybridized carbons (Fsp3) is 0.667. The van der Waals surface area contributed by atoms with E-state index in [4.69, 9.17) is 9.52 Å². The molecule has 0 atom stereocenters. The van der Waals surface area contributed by atoms with Gasteiger partial charge in [-0.25, -0.2) is 4.79 Å². The molecule has 0 amide bonds. The normalized spacial score (nSPS) is 23.4. The van der Waals surface area contributed by atoms with Crippen molar-refractivity contribution >= 4 is 5.97 Å². The molecular weight excluding hydrogens is 242 g/mol. The molecule has 106 valence electrons. The second kappa shape index (κ2) is 6.75. The van der Waals surface area contributed by atoms with Gasteiger partial charge in [0.15, 0.2) is 0 Å². The second-order valence-corrected chi connectivity index (χ2v) is 5.51. The zero-order valence-electron chi connectivity index (χ0n) is 11.5. The Hall–Kier alpha value is -1.29. The van der Waals surface area contributed by atoms with Gasteiger partial charge in [-0.2, -0.15) is 0 Å². The van der Waals surface area contributed by atoms with E-state index < -0.39 is 5.97 Å². The molecule has 19 heavy (non-hydrogen) atoms. The van der Waals surface area contributed by atoms with Crippen molar-refractivity contribution in [3.8, 4) is 0 Å². The monoisotopic (exact) mass is 265 g/mol. The number of carboxylic acids is 1. The molecule has 2 rings (SSSR count). The minimum atomic E-state index is -0.995. The molecule has 1 fully saturated rings. The van der Waals surface area contributed by atoms with Crippen molar-refractivity contribution in [2.75, 3.05) is 6.54 Å². The van der Waals surface area contributed by atoms with Crippen LogP contribution in [0, 0.1) is 11.8 Å². The van der Waals surface area contributed by atoms with Crippen LogP contribution in [0.2, 0.25) is 0 Å². The van der Waals surface area contributed by atoms with Crippen molar-refractivity contribution in [2.45, 2.75) is 45.6 Å². The number of rotatable bonds is 6. The van der Waals surface area contributed by atoms with Crippen LogP contribution in [0.1, 0.15) is 55.1 Å². The van der Waals surface area contributed by atoms with E-state index in [0.29, 0.717) is 6.54 Å². The first kappa shape index (κ1) is 14.1. The van der Waals surface area contributed by atoms with Crippen LogP contribution in [0.25, 0.3) is 0 Å². The van der Waals surface area contributed by atoms with Crippen LogP contribution in [-0.2, 0) is 6.54 Å². The molecule has 1 heterocycles. The molecule has 0 radical (unpaired) electrons. The Morgan fingerprint density at radius 3 is 2.68 bits per heavy atom. The van der Waals surface area contributed by atoms with Crippen LogP contribution in [0.15, 0.2) is 16.7 Å². The summed E-state index contributed by atoms with van der Waals surface area (Å²) in [7, 11) is 0. The standard InChI is InChI=1S/C15H23NO3/c1-2-11-3-5-12(6-4-11)9-16-10-13-7-8-19-14(13)15(17)18/h7-8,11-12,16H,2-6,9-10H2,1H3,(H,17,18). The molecule has 1 aromatic rings. The summed E-state index contributed by atoms with van der Waals surface area (Å²) in [5.41, 5.74) is 0.731. The number of carboxylic acid groups (broad SMARTS) is 1. The molecule has 0 spiro atoms. The molecule has 1 aromatic heterocycles. The fourth-order valence-electron chi connectivity index (χ4n) is 2.92. The van der Waals surface area contributed by atoms with Gasteiger partial charge in [-0.05, 0) is 37.3 Å². The van der Waals surface area contributed by atoms with Gasteiger partial charge in [0.05, 0.1) is 6.26 Å². The first-order chi connectivity index (χ1) is 9.20. The van der Waals surface area contributed by atoms with Crippen LogP contribution in [0.3, 0.4) is 0 Å². The SMILES string of the molecule is CCC1CCC(CNCc2ccoc2C(=O)O)CC1. The van der Waals surface area contributed by atoms with E-state index in [1.165, 1.54) is 38.4 Å². The smallest absolute Gasteiger partial charge is 0.372 e. The van der Waals surface area contributed by atoms with Gasteiger partial charge in [-0.1, -0.05) is 26.2 Å². The van der Waals surface area contributed by atoms with Crippen molar-refractivity contribution < 1.29 is 14.3 Å². The molecule has 0 aliphatic heterocycles. The van der Waals surface area contributed by atoms with Gasteiger partial charge in [0.25, 0.3) is 0 Å². The van der Waals surface area contributed by atoms with Crippen LogP contribution in [0.5, 0.6) is 0 Å². The lowest BCUT2D eigenvalue weighted by Crippen LogP contribution is -2.26. The lowest BCUT2D eigenvalue weighted by atomic mass is 9.81. The summed E-state index contributed by atoms with van der Waals surface area (Å²) in [4.78, 5) is 10.9. The van der Waals surface area contributed by atoms with Gasteiger partial charge in [0, 0.05) is 12.1 Å². The van der Waals surface area contributed by atoms with E-state index in [-0.39, 0.29) is 5.76 Å². The predicted molar refractivity (Wildman–Crippen MR) is 73.1 cm³/mol. The quantitative estimate of drug-likeness (QED) is 0.828. The van der Waals surface area contributed by atoms with Crippen molar-refractivity contribution in [1.29, 1.82) is 0 Å². The molecule has 4 heteroatoms. The summed E-state index contributed by atoms with van der Waals surface area (Å²) in [5, 5.41) is 12.3. The summed E-state index contributed by atoms with van der Waals surface area (Å²) in [6, 6.07) is 1.73.